The maximum absolute atomic E-state index is 12.3. The summed E-state index contributed by atoms with van der Waals surface area (Å²) < 4.78 is 32.5. The van der Waals surface area contributed by atoms with Crippen LogP contribution in [0.15, 0.2) is 23.1 Å². The predicted octanol–water partition coefficient (Wildman–Crippen LogP) is 1.54. The molecule has 0 saturated heterocycles. The number of aliphatic carboxylic acids is 1. The van der Waals surface area contributed by atoms with Gasteiger partial charge in [0.05, 0.1) is 11.5 Å². The summed E-state index contributed by atoms with van der Waals surface area (Å²) in [5.74, 6) is -0.132. The van der Waals surface area contributed by atoms with E-state index in [0.29, 0.717) is 25.9 Å². The Morgan fingerprint density at radius 1 is 1.48 bits per heavy atom. The Hall–Kier alpha value is -1.60. The average Bonchev–Trinajstić information content (AvgIpc) is 2.84. The van der Waals surface area contributed by atoms with Crippen LogP contribution in [0.4, 0.5) is 0 Å². The number of nitrogens with one attached hydrogen (secondary N) is 1. The van der Waals surface area contributed by atoms with Gasteiger partial charge in [-0.25, -0.2) is 13.1 Å². The van der Waals surface area contributed by atoms with E-state index in [4.69, 9.17) is 9.84 Å². The molecule has 0 aromatic heterocycles. The number of benzene rings is 1. The molecule has 1 aromatic rings. The molecule has 1 atom stereocenters. The Bertz CT molecular complexity index is 626. The number of carboxylic acids is 1. The summed E-state index contributed by atoms with van der Waals surface area (Å²) >= 11 is 0. The quantitative estimate of drug-likeness (QED) is 0.796. The number of rotatable bonds is 7. The fraction of sp³-hybridized carbons (Fsp3) is 0.500. The van der Waals surface area contributed by atoms with Crippen LogP contribution < -0.4 is 9.46 Å². The lowest BCUT2D eigenvalue weighted by molar-refractivity contribution is -0.137. The Labute approximate surface area is 124 Å². The molecule has 0 fully saturated rings. The fourth-order valence-corrected chi connectivity index (χ4v) is 3.61. The molecule has 2 N–H and O–H groups in total. The van der Waals surface area contributed by atoms with Gasteiger partial charge in [-0.3, -0.25) is 4.79 Å². The zero-order valence-corrected chi connectivity index (χ0v) is 12.6. The van der Waals surface area contributed by atoms with Gasteiger partial charge in [0.2, 0.25) is 10.0 Å². The van der Waals surface area contributed by atoms with E-state index < -0.39 is 16.0 Å². The van der Waals surface area contributed by atoms with Gasteiger partial charge in [-0.2, -0.15) is 0 Å². The summed E-state index contributed by atoms with van der Waals surface area (Å²) in [5.41, 5.74) is 0.899. The molecule has 1 aliphatic rings. The SMILES string of the molecule is CC(CCCC(=O)O)NS(=O)(=O)c1ccc2c(c1)CCO2. The first-order valence-electron chi connectivity index (χ1n) is 6.88. The molecule has 1 aromatic carbocycles. The molecule has 1 aliphatic heterocycles. The largest absolute Gasteiger partial charge is 0.493 e. The molecular weight excluding hydrogens is 294 g/mol. The minimum absolute atomic E-state index is 0.0439. The van der Waals surface area contributed by atoms with Gasteiger partial charge in [-0.15, -0.1) is 0 Å². The van der Waals surface area contributed by atoms with Crippen molar-refractivity contribution in [2.24, 2.45) is 0 Å². The van der Waals surface area contributed by atoms with Gasteiger partial charge in [0, 0.05) is 18.9 Å². The van der Waals surface area contributed by atoms with E-state index in [1.165, 1.54) is 6.07 Å². The summed E-state index contributed by atoms with van der Waals surface area (Å²) in [6.07, 6.45) is 1.69. The molecule has 6 nitrogen and oxygen atoms in total. The molecule has 1 heterocycles. The zero-order chi connectivity index (χ0) is 15.5. The molecule has 0 radical (unpaired) electrons. The van der Waals surface area contributed by atoms with Crippen LogP contribution in [0.5, 0.6) is 5.75 Å². The van der Waals surface area contributed by atoms with Crippen molar-refractivity contribution in [2.75, 3.05) is 6.61 Å². The van der Waals surface area contributed by atoms with Gasteiger partial charge >= 0.3 is 5.97 Å². The van der Waals surface area contributed by atoms with Crippen LogP contribution in [0, 0.1) is 0 Å². The number of carbonyl (C=O) groups is 1. The maximum atomic E-state index is 12.3. The smallest absolute Gasteiger partial charge is 0.303 e. The molecule has 116 valence electrons. The first-order valence-corrected chi connectivity index (χ1v) is 8.36. The van der Waals surface area contributed by atoms with Crippen LogP contribution >= 0.6 is 0 Å². The molecule has 1 unspecified atom stereocenters. The van der Waals surface area contributed by atoms with Crippen molar-refractivity contribution in [1.29, 1.82) is 0 Å². The summed E-state index contributed by atoms with van der Waals surface area (Å²) in [7, 11) is -3.58. The third-order valence-electron chi connectivity index (χ3n) is 3.36. The first kappa shape index (κ1) is 15.8. The second kappa shape index (κ2) is 6.44. The lowest BCUT2D eigenvalue weighted by atomic mass is 10.1. The Balaban J connectivity index is 1.99. The number of sulfonamides is 1. The fourth-order valence-electron chi connectivity index (χ4n) is 2.28. The lowest BCUT2D eigenvalue weighted by Crippen LogP contribution is -2.32. The minimum atomic E-state index is -3.58. The van der Waals surface area contributed by atoms with Gasteiger partial charge in [-0.1, -0.05) is 0 Å². The highest BCUT2D eigenvalue weighted by Crippen LogP contribution is 2.27. The average molecular weight is 313 g/mol. The van der Waals surface area contributed by atoms with Crippen molar-refractivity contribution in [3.05, 3.63) is 23.8 Å². The lowest BCUT2D eigenvalue weighted by Gasteiger charge is -2.14. The first-order chi connectivity index (χ1) is 9.88. The molecule has 2 rings (SSSR count). The van der Waals surface area contributed by atoms with E-state index in [-0.39, 0.29) is 17.4 Å². The Morgan fingerprint density at radius 2 is 2.24 bits per heavy atom. The van der Waals surface area contributed by atoms with Crippen molar-refractivity contribution in [3.8, 4) is 5.75 Å². The molecule has 21 heavy (non-hydrogen) atoms. The molecule has 0 saturated carbocycles. The molecule has 0 bridgehead atoms. The van der Waals surface area contributed by atoms with Crippen LogP contribution in [-0.4, -0.2) is 32.1 Å². The minimum Gasteiger partial charge on any atom is -0.493 e. The van der Waals surface area contributed by atoms with Crippen LogP contribution in [0.1, 0.15) is 31.7 Å². The third kappa shape index (κ3) is 4.18. The second-order valence-corrected chi connectivity index (χ2v) is 6.89. The Morgan fingerprint density at radius 3 is 2.95 bits per heavy atom. The highest BCUT2D eigenvalue weighted by molar-refractivity contribution is 7.89. The van der Waals surface area contributed by atoms with E-state index in [0.717, 1.165) is 11.3 Å². The van der Waals surface area contributed by atoms with Crippen molar-refractivity contribution in [1.82, 2.24) is 4.72 Å². The highest BCUT2D eigenvalue weighted by atomic mass is 32.2. The van der Waals surface area contributed by atoms with Gasteiger partial charge in [0.15, 0.2) is 0 Å². The topological polar surface area (TPSA) is 92.7 Å². The van der Waals surface area contributed by atoms with Crippen molar-refractivity contribution in [3.63, 3.8) is 0 Å². The molecule has 0 aliphatic carbocycles. The monoisotopic (exact) mass is 313 g/mol. The van der Waals surface area contributed by atoms with E-state index in [1.807, 2.05) is 0 Å². The third-order valence-corrected chi connectivity index (χ3v) is 4.94. The molecular formula is C14H19NO5S. The Kier molecular flexibility index (Phi) is 4.84. The summed E-state index contributed by atoms with van der Waals surface area (Å²) in [6, 6.07) is 4.52. The van der Waals surface area contributed by atoms with Crippen LogP contribution in [-0.2, 0) is 21.2 Å². The van der Waals surface area contributed by atoms with Gasteiger partial charge in [0.25, 0.3) is 0 Å². The zero-order valence-electron chi connectivity index (χ0n) is 11.8. The second-order valence-electron chi connectivity index (χ2n) is 5.18. The number of ether oxygens (including phenoxy) is 1. The maximum Gasteiger partial charge on any atom is 0.303 e. The molecule has 0 amide bonds. The number of hydrogen-bond acceptors (Lipinski definition) is 4. The van der Waals surface area contributed by atoms with Gasteiger partial charge in [-0.05, 0) is 43.5 Å². The van der Waals surface area contributed by atoms with Gasteiger partial charge in [0.1, 0.15) is 5.75 Å². The van der Waals surface area contributed by atoms with Crippen molar-refractivity contribution in [2.45, 2.75) is 43.5 Å². The predicted molar refractivity (Wildman–Crippen MR) is 76.9 cm³/mol. The number of carboxylic acid groups (broad SMARTS) is 1. The summed E-state index contributed by atoms with van der Waals surface area (Å²) in [5, 5.41) is 8.58. The van der Waals surface area contributed by atoms with Crippen molar-refractivity contribution < 1.29 is 23.1 Å². The van der Waals surface area contributed by atoms with Gasteiger partial charge < -0.3 is 9.84 Å². The highest BCUT2D eigenvalue weighted by Gasteiger charge is 2.21. The van der Waals surface area contributed by atoms with E-state index in [2.05, 4.69) is 4.72 Å². The van der Waals surface area contributed by atoms with E-state index in [1.54, 1.807) is 19.1 Å². The van der Waals surface area contributed by atoms with E-state index >= 15 is 0 Å². The number of fused-ring (bicyclic) bond motifs is 1. The summed E-state index contributed by atoms with van der Waals surface area (Å²) in [4.78, 5) is 10.7. The molecule has 7 heteroatoms. The van der Waals surface area contributed by atoms with Crippen LogP contribution in [0.3, 0.4) is 0 Å². The van der Waals surface area contributed by atoms with E-state index in [9.17, 15) is 13.2 Å². The van der Waals surface area contributed by atoms with Crippen molar-refractivity contribution >= 4 is 16.0 Å². The summed E-state index contributed by atoms with van der Waals surface area (Å²) in [6.45, 7) is 2.31. The molecule has 0 spiro atoms. The van der Waals surface area contributed by atoms with Crippen LogP contribution in [0.2, 0.25) is 0 Å². The normalized spacial score (nSPS) is 15.3. The standard InChI is InChI=1S/C14H19NO5S/c1-10(3-2-4-14(16)17)15-21(18,19)12-5-6-13-11(9-12)7-8-20-13/h5-6,9-10,15H,2-4,7-8H2,1H3,(H,16,17). The van der Waals surface area contributed by atoms with Crippen LogP contribution in [0.25, 0.3) is 0 Å². The number of hydrogen-bond donors (Lipinski definition) is 2.